The molecule has 5 heterocycles. The standard InChI is InChI=1S/C20H18N8O2/c1-21-19-16-17(27(2)10-23-16)12-9-14(25-18(12)26-19)13-5-3-4-11(24-13)8-15-22-6-7-28(15)20(29)30/h3-7,9-10H,8H2,1-2H3,(H,29,30)(H2,21,25,26). The van der Waals surface area contributed by atoms with Gasteiger partial charge in [0.1, 0.15) is 17.0 Å². The summed E-state index contributed by atoms with van der Waals surface area (Å²) in [6.07, 6.45) is 3.89. The Hall–Kier alpha value is -4.21. The van der Waals surface area contributed by atoms with Gasteiger partial charge in [-0.3, -0.25) is 4.98 Å². The number of rotatable bonds is 4. The van der Waals surface area contributed by atoms with Gasteiger partial charge in [0.05, 0.1) is 23.2 Å². The van der Waals surface area contributed by atoms with Gasteiger partial charge in [-0.05, 0) is 18.2 Å². The molecule has 0 radical (unpaired) electrons. The van der Waals surface area contributed by atoms with E-state index in [1.807, 2.05) is 42.9 Å². The maximum atomic E-state index is 11.3. The third-order valence-electron chi connectivity index (χ3n) is 5.02. The van der Waals surface area contributed by atoms with Gasteiger partial charge < -0.3 is 20.0 Å². The van der Waals surface area contributed by atoms with Crippen LogP contribution < -0.4 is 5.32 Å². The molecule has 0 atom stereocenters. The highest BCUT2D eigenvalue weighted by Crippen LogP contribution is 2.31. The molecule has 5 aromatic rings. The summed E-state index contributed by atoms with van der Waals surface area (Å²) in [5.74, 6) is 1.12. The van der Waals surface area contributed by atoms with Crippen LogP contribution >= 0.6 is 0 Å². The number of carbonyl (C=O) groups is 1. The summed E-state index contributed by atoms with van der Waals surface area (Å²) in [6, 6.07) is 7.65. The van der Waals surface area contributed by atoms with Crippen LogP contribution in [0.5, 0.6) is 0 Å². The minimum atomic E-state index is -1.07. The number of aromatic nitrogens is 7. The highest BCUT2D eigenvalue weighted by atomic mass is 16.4. The number of aryl methyl sites for hydroxylation is 1. The molecule has 0 saturated carbocycles. The lowest BCUT2D eigenvalue weighted by molar-refractivity contribution is 0.195. The number of nitrogens with one attached hydrogen (secondary N) is 2. The van der Waals surface area contributed by atoms with E-state index in [0.29, 0.717) is 18.1 Å². The third-order valence-corrected chi connectivity index (χ3v) is 5.02. The summed E-state index contributed by atoms with van der Waals surface area (Å²) in [7, 11) is 3.77. The Labute approximate surface area is 170 Å². The van der Waals surface area contributed by atoms with Crippen LogP contribution in [0, 0.1) is 0 Å². The highest BCUT2D eigenvalue weighted by Gasteiger charge is 2.16. The lowest BCUT2D eigenvalue weighted by atomic mass is 10.2. The fourth-order valence-corrected chi connectivity index (χ4v) is 3.64. The van der Waals surface area contributed by atoms with Crippen molar-refractivity contribution in [2.45, 2.75) is 6.42 Å². The summed E-state index contributed by atoms with van der Waals surface area (Å²) in [5.41, 5.74) is 4.79. The molecule has 0 aliphatic carbocycles. The van der Waals surface area contributed by atoms with E-state index in [4.69, 9.17) is 4.98 Å². The van der Waals surface area contributed by atoms with Crippen LogP contribution in [-0.2, 0) is 13.5 Å². The number of aromatic amines is 1. The van der Waals surface area contributed by atoms with E-state index < -0.39 is 6.09 Å². The zero-order chi connectivity index (χ0) is 20.8. The highest BCUT2D eigenvalue weighted by molar-refractivity contribution is 6.07. The van der Waals surface area contributed by atoms with Gasteiger partial charge in [0, 0.05) is 44.0 Å². The fourth-order valence-electron chi connectivity index (χ4n) is 3.64. The SMILES string of the molecule is CNc1nc2[nH]c(-c3cccc(Cc4nccn4C(=O)O)n3)cc2c2c1ncn2C. The first-order valence-electron chi connectivity index (χ1n) is 9.28. The Morgan fingerprint density at radius 3 is 2.93 bits per heavy atom. The van der Waals surface area contributed by atoms with Gasteiger partial charge in [-0.1, -0.05) is 6.07 Å². The largest absolute Gasteiger partial charge is 0.464 e. The lowest BCUT2D eigenvalue weighted by Gasteiger charge is -2.04. The second kappa shape index (κ2) is 6.69. The van der Waals surface area contributed by atoms with Gasteiger partial charge in [-0.25, -0.2) is 24.3 Å². The molecular weight excluding hydrogens is 384 g/mol. The van der Waals surface area contributed by atoms with Crippen LogP contribution in [0.25, 0.3) is 33.5 Å². The number of hydrogen-bond donors (Lipinski definition) is 3. The summed E-state index contributed by atoms with van der Waals surface area (Å²) >= 11 is 0. The smallest absolute Gasteiger partial charge is 0.417 e. The first-order chi connectivity index (χ1) is 14.5. The number of H-pyrrole nitrogens is 1. The Balaban J connectivity index is 1.58. The average molecular weight is 402 g/mol. The van der Waals surface area contributed by atoms with Gasteiger partial charge in [0.2, 0.25) is 0 Å². The molecule has 0 aromatic carbocycles. The molecular formula is C20H18N8O2. The molecule has 0 fully saturated rings. The molecule has 0 spiro atoms. The predicted octanol–water partition coefficient (Wildman–Crippen LogP) is 2.87. The van der Waals surface area contributed by atoms with Crippen molar-refractivity contribution in [2.24, 2.45) is 7.05 Å². The second-order valence-electron chi connectivity index (χ2n) is 6.90. The van der Waals surface area contributed by atoms with Crippen molar-refractivity contribution in [3.05, 3.63) is 54.5 Å². The Bertz CT molecular complexity index is 1410. The zero-order valence-corrected chi connectivity index (χ0v) is 16.3. The van der Waals surface area contributed by atoms with E-state index >= 15 is 0 Å². The van der Waals surface area contributed by atoms with E-state index in [-0.39, 0.29) is 0 Å². The monoisotopic (exact) mass is 402 g/mol. The summed E-state index contributed by atoms with van der Waals surface area (Å²) in [6.45, 7) is 0. The number of imidazole rings is 2. The van der Waals surface area contributed by atoms with Crippen molar-refractivity contribution in [1.82, 2.24) is 34.1 Å². The molecule has 0 bridgehead atoms. The molecule has 10 nitrogen and oxygen atoms in total. The van der Waals surface area contributed by atoms with Crippen LogP contribution in [0.4, 0.5) is 10.6 Å². The summed E-state index contributed by atoms with van der Waals surface area (Å²) in [5, 5.41) is 13.3. The van der Waals surface area contributed by atoms with Gasteiger partial charge in [0.25, 0.3) is 0 Å². The molecule has 0 aliphatic heterocycles. The molecule has 0 amide bonds. The van der Waals surface area contributed by atoms with E-state index in [1.165, 1.54) is 12.4 Å². The van der Waals surface area contributed by atoms with Crippen LogP contribution in [-0.4, -0.2) is 52.3 Å². The molecule has 30 heavy (non-hydrogen) atoms. The number of nitrogens with zero attached hydrogens (tertiary/aromatic N) is 6. The van der Waals surface area contributed by atoms with Gasteiger partial charge in [-0.15, -0.1) is 0 Å². The number of fused-ring (bicyclic) bond motifs is 3. The van der Waals surface area contributed by atoms with Crippen LogP contribution in [0.1, 0.15) is 11.5 Å². The molecule has 5 rings (SSSR count). The first kappa shape index (κ1) is 17.9. The second-order valence-corrected chi connectivity index (χ2v) is 6.90. The Morgan fingerprint density at radius 1 is 1.27 bits per heavy atom. The van der Waals surface area contributed by atoms with E-state index in [0.717, 1.165) is 43.7 Å². The third kappa shape index (κ3) is 2.77. The number of pyridine rings is 2. The summed E-state index contributed by atoms with van der Waals surface area (Å²) in [4.78, 5) is 32.6. The Morgan fingerprint density at radius 2 is 2.13 bits per heavy atom. The topological polar surface area (TPSA) is 127 Å². The maximum absolute atomic E-state index is 11.3. The predicted molar refractivity (Wildman–Crippen MR) is 112 cm³/mol. The van der Waals surface area contributed by atoms with Gasteiger partial charge in [0.15, 0.2) is 5.82 Å². The molecule has 10 heteroatoms. The van der Waals surface area contributed by atoms with Gasteiger partial charge in [-0.2, -0.15) is 0 Å². The van der Waals surface area contributed by atoms with Crippen molar-refractivity contribution >= 4 is 34.0 Å². The van der Waals surface area contributed by atoms with Crippen LogP contribution in [0.3, 0.4) is 0 Å². The maximum Gasteiger partial charge on any atom is 0.417 e. The molecule has 3 N–H and O–H groups in total. The molecule has 0 unspecified atom stereocenters. The molecule has 5 aromatic heterocycles. The van der Waals surface area contributed by atoms with Crippen molar-refractivity contribution in [1.29, 1.82) is 0 Å². The molecule has 150 valence electrons. The number of anilines is 1. The van der Waals surface area contributed by atoms with E-state index in [2.05, 4.69) is 25.3 Å². The fraction of sp³-hybridized carbons (Fsp3) is 0.150. The molecule has 0 aliphatic rings. The van der Waals surface area contributed by atoms with Crippen LogP contribution in [0.2, 0.25) is 0 Å². The molecule has 0 saturated heterocycles. The lowest BCUT2D eigenvalue weighted by Crippen LogP contribution is -2.12. The van der Waals surface area contributed by atoms with Gasteiger partial charge >= 0.3 is 6.09 Å². The average Bonchev–Trinajstić information content (AvgIpc) is 3.45. The minimum absolute atomic E-state index is 0.307. The number of hydrogen-bond acceptors (Lipinski definition) is 6. The van der Waals surface area contributed by atoms with Crippen molar-refractivity contribution in [3.63, 3.8) is 0 Å². The van der Waals surface area contributed by atoms with Crippen LogP contribution in [0.15, 0.2) is 43.0 Å². The summed E-state index contributed by atoms with van der Waals surface area (Å²) < 4.78 is 3.06. The van der Waals surface area contributed by atoms with Crippen molar-refractivity contribution in [3.8, 4) is 11.4 Å². The van der Waals surface area contributed by atoms with Crippen molar-refractivity contribution < 1.29 is 9.90 Å². The Kier molecular flexibility index (Phi) is 3.98. The minimum Gasteiger partial charge on any atom is -0.464 e. The van der Waals surface area contributed by atoms with E-state index in [9.17, 15) is 9.90 Å². The van der Waals surface area contributed by atoms with E-state index in [1.54, 1.807) is 6.33 Å². The first-order valence-corrected chi connectivity index (χ1v) is 9.28. The number of carboxylic acid groups (broad SMARTS) is 1. The van der Waals surface area contributed by atoms with Crippen molar-refractivity contribution in [2.75, 3.05) is 12.4 Å². The normalized spacial score (nSPS) is 11.4. The quantitative estimate of drug-likeness (QED) is 0.422. The zero-order valence-electron chi connectivity index (χ0n) is 16.3.